The Morgan fingerprint density at radius 3 is 2.59 bits per heavy atom. The van der Waals surface area contributed by atoms with Gasteiger partial charge in [0.2, 0.25) is 0 Å². The zero-order valence-corrected chi connectivity index (χ0v) is 18.4. The van der Waals surface area contributed by atoms with E-state index in [0.29, 0.717) is 29.8 Å². The number of nitrogens with zero attached hydrogens (tertiary/aromatic N) is 5. The van der Waals surface area contributed by atoms with Gasteiger partial charge in [-0.15, -0.1) is 0 Å². The SMILES string of the molecule is CCCc1nc2ccc(F)c(Cl)c2c(=O)n1-c1cc(F)ccc1F.Nc1ncnc2nc[nH]c12. The molecule has 8 nitrogen and oxygen atoms in total. The largest absolute Gasteiger partial charge is 0.382 e. The molecule has 0 bridgehead atoms. The zero-order chi connectivity index (χ0) is 24.4. The van der Waals surface area contributed by atoms with Gasteiger partial charge >= 0.3 is 0 Å². The Morgan fingerprint density at radius 2 is 1.85 bits per heavy atom. The Morgan fingerprint density at radius 1 is 1.09 bits per heavy atom. The first kappa shape index (κ1) is 23.2. The maximum atomic E-state index is 14.2. The molecule has 0 fully saturated rings. The van der Waals surface area contributed by atoms with E-state index in [-0.39, 0.29) is 22.4 Å². The minimum absolute atomic E-state index is 0.166. The van der Waals surface area contributed by atoms with Crippen molar-refractivity contribution in [2.24, 2.45) is 0 Å². The van der Waals surface area contributed by atoms with Crippen LogP contribution in [0.1, 0.15) is 19.2 Å². The van der Waals surface area contributed by atoms with Gasteiger partial charge in [0.05, 0.1) is 27.9 Å². The number of aryl methyl sites for hydroxylation is 1. The molecule has 0 aliphatic carbocycles. The molecule has 3 heterocycles. The molecule has 0 amide bonds. The number of benzene rings is 2. The first-order valence-corrected chi connectivity index (χ1v) is 10.4. The van der Waals surface area contributed by atoms with E-state index < -0.39 is 28.0 Å². The zero-order valence-electron chi connectivity index (χ0n) is 17.7. The van der Waals surface area contributed by atoms with E-state index in [2.05, 4.69) is 24.9 Å². The molecule has 0 saturated carbocycles. The van der Waals surface area contributed by atoms with Gasteiger partial charge in [0.25, 0.3) is 5.56 Å². The van der Waals surface area contributed by atoms with Gasteiger partial charge in [-0.25, -0.2) is 33.1 Å². The van der Waals surface area contributed by atoms with Gasteiger partial charge in [0.1, 0.15) is 35.1 Å². The lowest BCUT2D eigenvalue weighted by molar-refractivity contribution is 0.586. The molecular weight excluding hydrogens is 471 g/mol. The van der Waals surface area contributed by atoms with E-state index >= 15 is 0 Å². The molecule has 3 aromatic heterocycles. The number of hydrogen-bond acceptors (Lipinski definition) is 6. The second-order valence-electron chi connectivity index (χ2n) is 7.13. The van der Waals surface area contributed by atoms with E-state index in [1.54, 1.807) is 0 Å². The fraction of sp³-hybridized carbons (Fsp3) is 0.136. The van der Waals surface area contributed by atoms with Crippen molar-refractivity contribution in [2.45, 2.75) is 19.8 Å². The number of nitrogen functional groups attached to an aromatic ring is 1. The topological polar surface area (TPSA) is 115 Å². The van der Waals surface area contributed by atoms with E-state index in [0.717, 1.165) is 28.8 Å². The molecule has 0 unspecified atom stereocenters. The smallest absolute Gasteiger partial charge is 0.267 e. The minimum atomic E-state index is -0.787. The van der Waals surface area contributed by atoms with Crippen LogP contribution in [-0.2, 0) is 6.42 Å². The van der Waals surface area contributed by atoms with Crippen molar-refractivity contribution in [3.8, 4) is 5.69 Å². The third-order valence-electron chi connectivity index (χ3n) is 4.87. The Kier molecular flexibility index (Phi) is 6.46. The fourth-order valence-electron chi connectivity index (χ4n) is 3.34. The number of anilines is 1. The highest BCUT2D eigenvalue weighted by atomic mass is 35.5. The predicted molar refractivity (Wildman–Crippen MR) is 122 cm³/mol. The minimum Gasteiger partial charge on any atom is -0.382 e. The number of halogens is 4. The van der Waals surface area contributed by atoms with Gasteiger partial charge in [-0.05, 0) is 30.7 Å². The van der Waals surface area contributed by atoms with E-state index in [4.69, 9.17) is 17.3 Å². The highest BCUT2D eigenvalue weighted by Crippen LogP contribution is 2.25. The highest BCUT2D eigenvalue weighted by molar-refractivity contribution is 6.35. The number of imidazole rings is 1. The van der Waals surface area contributed by atoms with Crippen LogP contribution in [0.4, 0.5) is 19.0 Å². The molecule has 0 atom stereocenters. The van der Waals surface area contributed by atoms with Crippen molar-refractivity contribution in [1.82, 2.24) is 29.5 Å². The van der Waals surface area contributed by atoms with E-state index in [1.807, 2.05) is 6.92 Å². The average Bonchev–Trinajstić information content (AvgIpc) is 3.29. The highest BCUT2D eigenvalue weighted by Gasteiger charge is 2.19. The Bertz CT molecular complexity index is 1570. The third-order valence-corrected chi connectivity index (χ3v) is 5.24. The second-order valence-corrected chi connectivity index (χ2v) is 7.51. The van der Waals surface area contributed by atoms with Gasteiger partial charge in [0.15, 0.2) is 11.5 Å². The standard InChI is InChI=1S/C17H12ClF3N2O.C5H5N5/c1-2-3-14-22-12-7-6-11(21)16(18)15(12)17(24)23(14)13-8-9(19)4-5-10(13)20;6-4-3-5(9-1-7-3)10-2-8-4/h4-8H,2-3H2,1H3;1-2H,(H3,6,7,8,9,10). The van der Waals surface area contributed by atoms with Crippen molar-refractivity contribution in [2.75, 3.05) is 5.73 Å². The summed E-state index contributed by atoms with van der Waals surface area (Å²) < 4.78 is 42.4. The van der Waals surface area contributed by atoms with Crippen LogP contribution in [0.5, 0.6) is 0 Å². The van der Waals surface area contributed by atoms with Crippen LogP contribution in [0.3, 0.4) is 0 Å². The van der Waals surface area contributed by atoms with Gasteiger partial charge in [-0.1, -0.05) is 18.5 Å². The molecular formula is C22H17ClF3N7O. The summed E-state index contributed by atoms with van der Waals surface area (Å²) >= 11 is 5.90. The number of aromatic amines is 1. The molecule has 34 heavy (non-hydrogen) atoms. The van der Waals surface area contributed by atoms with Crippen LogP contribution in [0, 0.1) is 17.5 Å². The first-order chi connectivity index (χ1) is 16.3. The lowest BCUT2D eigenvalue weighted by Crippen LogP contribution is -2.25. The van der Waals surface area contributed by atoms with Crippen LogP contribution in [0.25, 0.3) is 27.8 Å². The predicted octanol–water partition coefficient (Wildman–Crippen LogP) is 4.34. The summed E-state index contributed by atoms with van der Waals surface area (Å²) in [5.74, 6) is -1.59. The number of fused-ring (bicyclic) bond motifs is 2. The van der Waals surface area contributed by atoms with Gasteiger partial charge in [0, 0.05) is 12.5 Å². The number of nitrogens with one attached hydrogen (secondary N) is 1. The number of rotatable bonds is 3. The van der Waals surface area contributed by atoms with Crippen molar-refractivity contribution in [3.63, 3.8) is 0 Å². The summed E-state index contributed by atoms with van der Waals surface area (Å²) in [7, 11) is 0. The quantitative estimate of drug-likeness (QED) is 0.391. The molecule has 0 saturated heterocycles. The number of nitrogens with two attached hydrogens (primary N) is 1. The van der Waals surface area contributed by atoms with Crippen LogP contribution in [0.2, 0.25) is 5.02 Å². The number of H-pyrrole nitrogens is 1. The van der Waals surface area contributed by atoms with Gasteiger partial charge in [-0.3, -0.25) is 9.36 Å². The molecule has 5 aromatic rings. The van der Waals surface area contributed by atoms with E-state index in [1.165, 1.54) is 18.7 Å². The van der Waals surface area contributed by atoms with Crippen molar-refractivity contribution < 1.29 is 13.2 Å². The maximum absolute atomic E-state index is 14.2. The third kappa shape index (κ3) is 4.29. The lowest BCUT2D eigenvalue weighted by Gasteiger charge is -2.14. The molecule has 2 aromatic carbocycles. The first-order valence-electron chi connectivity index (χ1n) is 10.1. The molecule has 0 aliphatic rings. The second kappa shape index (κ2) is 9.48. The van der Waals surface area contributed by atoms with Crippen LogP contribution in [-0.4, -0.2) is 29.5 Å². The van der Waals surface area contributed by atoms with Crippen LogP contribution < -0.4 is 11.3 Å². The van der Waals surface area contributed by atoms with Gasteiger partial charge in [-0.2, -0.15) is 0 Å². The molecule has 12 heteroatoms. The average molecular weight is 488 g/mol. The van der Waals surface area contributed by atoms with Gasteiger partial charge < -0.3 is 10.7 Å². The molecule has 0 spiro atoms. The maximum Gasteiger partial charge on any atom is 0.267 e. The van der Waals surface area contributed by atoms with E-state index in [9.17, 15) is 18.0 Å². The van der Waals surface area contributed by atoms with Crippen molar-refractivity contribution in [1.29, 1.82) is 0 Å². The fourth-order valence-corrected chi connectivity index (χ4v) is 3.58. The Labute approximate surface area is 195 Å². The molecule has 0 radical (unpaired) electrons. The summed E-state index contributed by atoms with van der Waals surface area (Å²) in [6, 6.07) is 5.22. The molecule has 3 N–H and O–H groups in total. The van der Waals surface area contributed by atoms with Crippen LogP contribution >= 0.6 is 11.6 Å². The summed E-state index contributed by atoms with van der Waals surface area (Å²) in [6.45, 7) is 1.86. The van der Waals surface area contributed by atoms with Crippen LogP contribution in [0.15, 0.2) is 47.8 Å². The Hall–Kier alpha value is -3.99. The molecule has 0 aliphatic heterocycles. The summed E-state index contributed by atoms with van der Waals surface area (Å²) in [6.07, 6.45) is 3.91. The summed E-state index contributed by atoms with van der Waals surface area (Å²) in [5, 5.41) is -0.557. The normalized spacial score (nSPS) is 11.0. The Balaban J connectivity index is 0.000000226. The molecule has 174 valence electrons. The molecule has 5 rings (SSSR count). The summed E-state index contributed by atoms with van der Waals surface area (Å²) in [4.78, 5) is 31.5. The summed E-state index contributed by atoms with van der Waals surface area (Å²) in [5.41, 5.74) is 5.97. The van der Waals surface area contributed by atoms with Crippen molar-refractivity contribution in [3.05, 3.63) is 81.6 Å². The monoisotopic (exact) mass is 487 g/mol. The number of aromatic nitrogens is 6. The number of hydrogen-bond donors (Lipinski definition) is 2. The lowest BCUT2D eigenvalue weighted by atomic mass is 10.2. The van der Waals surface area contributed by atoms with Crippen molar-refractivity contribution >= 4 is 39.5 Å².